The second-order valence-electron chi connectivity index (χ2n) is 3.95. The van der Waals surface area contributed by atoms with E-state index in [-0.39, 0.29) is 0 Å². The molecule has 0 aliphatic rings. The van der Waals surface area contributed by atoms with Crippen LogP contribution in [0, 0.1) is 0 Å². The molecule has 3 heterocycles. The fraction of sp³-hybridized carbons (Fsp3) is 0.0833. The summed E-state index contributed by atoms with van der Waals surface area (Å²) in [6.45, 7) is 0. The highest BCUT2D eigenvalue weighted by atomic mass is 35.5. The lowest BCUT2D eigenvalue weighted by molar-refractivity contribution is 0.782. The number of nitrogens with two attached hydrogens (primary N) is 1. The molecule has 0 spiro atoms. The molecule has 3 aromatic heterocycles. The van der Waals surface area contributed by atoms with E-state index in [9.17, 15) is 0 Å². The van der Waals surface area contributed by atoms with Gasteiger partial charge in [0.15, 0.2) is 0 Å². The van der Waals surface area contributed by atoms with Crippen molar-refractivity contribution in [2.75, 3.05) is 5.73 Å². The number of anilines is 1. The molecule has 3 nitrogen and oxygen atoms in total. The van der Waals surface area contributed by atoms with Gasteiger partial charge in [0.2, 0.25) is 0 Å². The minimum Gasteiger partial charge on any atom is -0.383 e. The predicted molar refractivity (Wildman–Crippen MR) is 84.3 cm³/mol. The largest absolute Gasteiger partial charge is 0.383 e. The van der Waals surface area contributed by atoms with Gasteiger partial charge in [-0.2, -0.15) is 5.10 Å². The maximum Gasteiger partial charge on any atom is 0.130 e. The highest BCUT2D eigenvalue weighted by molar-refractivity contribution is 7.20. The summed E-state index contributed by atoms with van der Waals surface area (Å²) >= 11 is 15.2. The van der Waals surface area contributed by atoms with Gasteiger partial charge in [0, 0.05) is 17.5 Å². The molecule has 0 radical (unpaired) electrons. The van der Waals surface area contributed by atoms with Gasteiger partial charge in [-0.1, -0.05) is 29.3 Å². The summed E-state index contributed by atoms with van der Waals surface area (Å²) in [4.78, 5) is 1.07. The Morgan fingerprint density at radius 1 is 1.37 bits per heavy atom. The molecule has 0 aliphatic carbocycles. The molecule has 0 amide bonds. The van der Waals surface area contributed by atoms with Crippen molar-refractivity contribution in [3.63, 3.8) is 0 Å². The summed E-state index contributed by atoms with van der Waals surface area (Å²) in [6, 6.07) is 5.83. The van der Waals surface area contributed by atoms with E-state index in [4.69, 9.17) is 28.9 Å². The lowest BCUT2D eigenvalue weighted by Crippen LogP contribution is -1.97. The van der Waals surface area contributed by atoms with Crippen molar-refractivity contribution in [2.45, 2.75) is 0 Å². The van der Waals surface area contributed by atoms with Crippen LogP contribution in [0.5, 0.6) is 0 Å². The number of hydrogen-bond donors (Lipinski definition) is 1. The van der Waals surface area contributed by atoms with Crippen molar-refractivity contribution in [3.05, 3.63) is 32.3 Å². The standard InChI is InChI=1S/C12H9Cl2N3S2/c1-17-12(15)9(7-3-2-4-18-7)10(16-17)6-5-8(13)19-11(6)14/h2-5H,15H2,1H3. The van der Waals surface area contributed by atoms with Crippen molar-refractivity contribution in [1.29, 1.82) is 0 Å². The molecule has 7 heteroatoms. The maximum absolute atomic E-state index is 6.22. The van der Waals surface area contributed by atoms with E-state index in [1.807, 2.05) is 30.6 Å². The lowest BCUT2D eigenvalue weighted by atomic mass is 10.1. The first-order valence-electron chi connectivity index (χ1n) is 5.39. The van der Waals surface area contributed by atoms with Crippen LogP contribution in [0.1, 0.15) is 0 Å². The van der Waals surface area contributed by atoms with Crippen LogP contribution in [0.15, 0.2) is 23.6 Å². The van der Waals surface area contributed by atoms with Crippen molar-refractivity contribution in [1.82, 2.24) is 9.78 Å². The van der Waals surface area contributed by atoms with E-state index in [0.717, 1.165) is 21.7 Å². The monoisotopic (exact) mass is 329 g/mol. The smallest absolute Gasteiger partial charge is 0.130 e. The van der Waals surface area contributed by atoms with Crippen LogP contribution < -0.4 is 5.73 Å². The van der Waals surface area contributed by atoms with Crippen LogP contribution in [0.2, 0.25) is 8.67 Å². The van der Waals surface area contributed by atoms with E-state index in [1.54, 1.807) is 16.0 Å². The number of nitrogens with zero attached hydrogens (tertiary/aromatic N) is 2. The van der Waals surface area contributed by atoms with E-state index in [1.165, 1.54) is 11.3 Å². The third-order valence-electron chi connectivity index (χ3n) is 2.77. The Bertz CT molecular complexity index is 729. The molecule has 3 aromatic rings. The summed E-state index contributed by atoms with van der Waals surface area (Å²) in [5, 5.41) is 6.48. The molecule has 0 bridgehead atoms. The van der Waals surface area contributed by atoms with Gasteiger partial charge in [-0.25, -0.2) is 0 Å². The summed E-state index contributed by atoms with van der Waals surface area (Å²) in [6.07, 6.45) is 0. The Morgan fingerprint density at radius 3 is 2.74 bits per heavy atom. The topological polar surface area (TPSA) is 43.8 Å². The first kappa shape index (κ1) is 13.0. The van der Waals surface area contributed by atoms with Gasteiger partial charge in [0.05, 0.1) is 9.90 Å². The van der Waals surface area contributed by atoms with E-state index >= 15 is 0 Å². The Kier molecular flexibility index (Phi) is 3.30. The number of nitrogen functional groups attached to an aromatic ring is 1. The van der Waals surface area contributed by atoms with Gasteiger partial charge in [-0.3, -0.25) is 4.68 Å². The number of halogens is 2. The average molecular weight is 330 g/mol. The van der Waals surface area contributed by atoms with Gasteiger partial charge >= 0.3 is 0 Å². The zero-order valence-electron chi connectivity index (χ0n) is 9.85. The molecule has 3 rings (SSSR count). The second kappa shape index (κ2) is 4.83. The number of aromatic nitrogens is 2. The van der Waals surface area contributed by atoms with Crippen molar-refractivity contribution in [3.8, 4) is 21.7 Å². The SMILES string of the molecule is Cn1nc(-c2cc(Cl)sc2Cl)c(-c2cccs2)c1N. The minimum atomic E-state index is 0.621. The maximum atomic E-state index is 6.22. The van der Waals surface area contributed by atoms with Crippen molar-refractivity contribution < 1.29 is 0 Å². The van der Waals surface area contributed by atoms with E-state index < -0.39 is 0 Å². The van der Waals surface area contributed by atoms with E-state index in [0.29, 0.717) is 14.5 Å². The molecular formula is C12H9Cl2N3S2. The zero-order chi connectivity index (χ0) is 13.6. The number of aryl methyl sites for hydroxylation is 1. The fourth-order valence-electron chi connectivity index (χ4n) is 1.89. The molecule has 0 unspecified atom stereocenters. The average Bonchev–Trinajstić information content (AvgIpc) is 3.02. The van der Waals surface area contributed by atoms with Gasteiger partial charge in [-0.15, -0.1) is 22.7 Å². The molecule has 0 fully saturated rings. The molecule has 19 heavy (non-hydrogen) atoms. The van der Waals surface area contributed by atoms with Crippen LogP contribution in [0.25, 0.3) is 21.7 Å². The predicted octanol–water partition coefficient (Wildman–Crippen LogP) is 4.77. The number of rotatable bonds is 2. The van der Waals surface area contributed by atoms with Crippen LogP contribution in [0.4, 0.5) is 5.82 Å². The Balaban J connectivity index is 2.28. The van der Waals surface area contributed by atoms with E-state index in [2.05, 4.69) is 5.10 Å². The number of hydrogen-bond acceptors (Lipinski definition) is 4. The molecule has 2 N–H and O–H groups in total. The van der Waals surface area contributed by atoms with Gasteiger partial charge in [0.25, 0.3) is 0 Å². The van der Waals surface area contributed by atoms with Crippen molar-refractivity contribution in [2.24, 2.45) is 7.05 Å². The molecule has 0 saturated carbocycles. The third kappa shape index (κ3) is 2.17. The van der Waals surface area contributed by atoms with Crippen LogP contribution in [-0.4, -0.2) is 9.78 Å². The molecule has 0 aliphatic heterocycles. The van der Waals surface area contributed by atoms with Crippen molar-refractivity contribution >= 4 is 51.7 Å². The summed E-state index contributed by atoms with van der Waals surface area (Å²) < 4.78 is 2.92. The third-order valence-corrected chi connectivity index (χ3v) is 5.15. The molecule has 98 valence electrons. The Labute approximate surface area is 128 Å². The van der Waals surface area contributed by atoms with Gasteiger partial charge < -0.3 is 5.73 Å². The highest BCUT2D eigenvalue weighted by Crippen LogP contribution is 2.44. The second-order valence-corrected chi connectivity index (χ2v) is 7.18. The Hall–Kier alpha value is -1.01. The quantitative estimate of drug-likeness (QED) is 0.736. The summed E-state index contributed by atoms with van der Waals surface area (Å²) in [5.41, 5.74) is 8.63. The molecular weight excluding hydrogens is 321 g/mol. The zero-order valence-corrected chi connectivity index (χ0v) is 13.0. The van der Waals surface area contributed by atoms with Gasteiger partial charge in [-0.05, 0) is 17.5 Å². The van der Waals surface area contributed by atoms with Gasteiger partial charge in [0.1, 0.15) is 15.8 Å². The molecule has 0 saturated heterocycles. The van der Waals surface area contributed by atoms with Crippen LogP contribution in [-0.2, 0) is 7.05 Å². The normalized spacial score (nSPS) is 11.1. The first-order chi connectivity index (χ1) is 9.08. The molecule has 0 aromatic carbocycles. The number of thiophene rings is 2. The first-order valence-corrected chi connectivity index (χ1v) is 7.84. The Morgan fingerprint density at radius 2 is 2.16 bits per heavy atom. The minimum absolute atomic E-state index is 0.621. The molecule has 0 atom stereocenters. The summed E-state index contributed by atoms with van der Waals surface area (Å²) in [7, 11) is 1.82. The summed E-state index contributed by atoms with van der Waals surface area (Å²) in [5.74, 6) is 0.621. The fourth-order valence-corrected chi connectivity index (χ4v) is 4.14. The lowest BCUT2D eigenvalue weighted by Gasteiger charge is -2.00. The van der Waals surface area contributed by atoms with Crippen LogP contribution >= 0.6 is 45.9 Å². The van der Waals surface area contributed by atoms with Crippen LogP contribution in [0.3, 0.4) is 0 Å². The highest BCUT2D eigenvalue weighted by Gasteiger charge is 2.21.